The van der Waals surface area contributed by atoms with E-state index in [9.17, 15) is 4.79 Å². The lowest BCUT2D eigenvalue weighted by molar-refractivity contribution is 0.0386. The van der Waals surface area contributed by atoms with Crippen molar-refractivity contribution in [2.75, 3.05) is 0 Å². The van der Waals surface area contributed by atoms with E-state index >= 15 is 0 Å². The molecule has 1 aliphatic carbocycles. The van der Waals surface area contributed by atoms with Crippen molar-refractivity contribution in [1.82, 2.24) is 0 Å². The minimum absolute atomic E-state index is 0.314. The van der Waals surface area contributed by atoms with Crippen LogP contribution in [0.4, 0.5) is 0 Å². The van der Waals surface area contributed by atoms with Gasteiger partial charge in [-0.2, -0.15) is 0 Å². The maximum atomic E-state index is 12.9. The van der Waals surface area contributed by atoms with Crippen LogP contribution in [0.15, 0.2) is 91.5 Å². The highest BCUT2D eigenvalue weighted by Gasteiger charge is 2.31. The van der Waals surface area contributed by atoms with Crippen molar-refractivity contribution in [1.29, 1.82) is 0 Å². The van der Waals surface area contributed by atoms with Gasteiger partial charge in [0.05, 0.1) is 5.56 Å². The van der Waals surface area contributed by atoms with Crippen LogP contribution in [0.2, 0.25) is 0 Å². The predicted molar refractivity (Wildman–Crippen MR) is 113 cm³/mol. The van der Waals surface area contributed by atoms with E-state index in [1.807, 2.05) is 72.8 Å². The lowest BCUT2D eigenvalue weighted by atomic mass is 10.0. The van der Waals surface area contributed by atoms with Crippen molar-refractivity contribution in [3.63, 3.8) is 0 Å². The van der Waals surface area contributed by atoms with Gasteiger partial charge in [-0.25, -0.2) is 4.79 Å². The van der Waals surface area contributed by atoms with Crippen LogP contribution in [0, 0.1) is 0 Å². The molecular weight excluding hydrogens is 344 g/mol. The molecule has 0 aliphatic heterocycles. The van der Waals surface area contributed by atoms with E-state index in [2.05, 4.69) is 24.8 Å². The first-order valence-electron chi connectivity index (χ1n) is 9.30. The molecule has 0 aromatic heterocycles. The van der Waals surface area contributed by atoms with Gasteiger partial charge in [0.2, 0.25) is 0 Å². The van der Waals surface area contributed by atoms with Gasteiger partial charge in [-0.1, -0.05) is 79.4 Å². The van der Waals surface area contributed by atoms with E-state index in [1.54, 1.807) is 0 Å². The second-order valence-electron chi connectivity index (χ2n) is 6.99. The van der Waals surface area contributed by atoms with Crippen LogP contribution in [0.3, 0.4) is 0 Å². The summed E-state index contributed by atoms with van der Waals surface area (Å²) in [5, 5.41) is 2.08. The Hall–Kier alpha value is -3.65. The highest BCUT2D eigenvalue weighted by Crippen LogP contribution is 2.45. The molecule has 4 aromatic rings. The van der Waals surface area contributed by atoms with Crippen molar-refractivity contribution in [3.05, 3.63) is 114 Å². The fourth-order valence-corrected chi connectivity index (χ4v) is 3.93. The molecular formula is C26H18O2. The van der Waals surface area contributed by atoms with Gasteiger partial charge in [-0.05, 0) is 45.7 Å². The van der Waals surface area contributed by atoms with Crippen molar-refractivity contribution in [2.45, 2.75) is 6.10 Å². The van der Waals surface area contributed by atoms with Gasteiger partial charge < -0.3 is 4.74 Å². The van der Waals surface area contributed by atoms with Crippen molar-refractivity contribution in [2.24, 2.45) is 0 Å². The van der Waals surface area contributed by atoms with Crippen LogP contribution in [0.5, 0.6) is 0 Å². The molecule has 0 saturated heterocycles. The van der Waals surface area contributed by atoms with Gasteiger partial charge in [0, 0.05) is 11.1 Å². The van der Waals surface area contributed by atoms with Gasteiger partial charge in [0.15, 0.2) is 6.10 Å². The highest BCUT2D eigenvalue weighted by molar-refractivity contribution is 5.96. The number of hydrogen-bond donors (Lipinski definition) is 0. The Balaban J connectivity index is 1.50. The van der Waals surface area contributed by atoms with Gasteiger partial charge in [-0.3, -0.25) is 0 Å². The molecule has 0 atom stereocenters. The van der Waals surface area contributed by atoms with Crippen molar-refractivity contribution >= 4 is 22.8 Å². The molecule has 4 aromatic carbocycles. The van der Waals surface area contributed by atoms with Crippen LogP contribution in [-0.2, 0) is 4.74 Å². The minimum atomic E-state index is -0.376. The van der Waals surface area contributed by atoms with Gasteiger partial charge in [0.1, 0.15) is 0 Å². The molecule has 0 radical (unpaired) electrons. The maximum absolute atomic E-state index is 12.9. The van der Waals surface area contributed by atoms with E-state index in [4.69, 9.17) is 4.74 Å². The monoisotopic (exact) mass is 362 g/mol. The molecule has 0 fully saturated rings. The Morgan fingerprint density at radius 2 is 1.39 bits per heavy atom. The molecule has 0 amide bonds. The molecule has 5 rings (SSSR count). The topological polar surface area (TPSA) is 26.3 Å². The van der Waals surface area contributed by atoms with Gasteiger partial charge in [0.25, 0.3) is 0 Å². The summed E-state index contributed by atoms with van der Waals surface area (Å²) >= 11 is 0. The van der Waals surface area contributed by atoms with Gasteiger partial charge in [-0.15, -0.1) is 0 Å². The van der Waals surface area contributed by atoms with E-state index in [0.29, 0.717) is 5.56 Å². The number of ether oxygens (including phenoxy) is 1. The molecule has 0 heterocycles. The van der Waals surface area contributed by atoms with Crippen LogP contribution >= 0.6 is 0 Å². The first-order chi connectivity index (χ1) is 13.7. The summed E-state index contributed by atoms with van der Waals surface area (Å²) in [5.74, 6) is -0.314. The lowest BCUT2D eigenvalue weighted by Gasteiger charge is -2.15. The maximum Gasteiger partial charge on any atom is 0.339 e. The zero-order valence-electron chi connectivity index (χ0n) is 15.3. The second kappa shape index (κ2) is 6.50. The predicted octanol–water partition coefficient (Wildman–Crippen LogP) is 6.41. The first-order valence-corrected chi connectivity index (χ1v) is 9.30. The zero-order valence-corrected chi connectivity index (χ0v) is 15.3. The van der Waals surface area contributed by atoms with E-state index in [0.717, 1.165) is 38.6 Å². The van der Waals surface area contributed by atoms with Crippen molar-refractivity contribution < 1.29 is 9.53 Å². The minimum Gasteiger partial charge on any atom is -0.449 e. The SMILES string of the molecule is C=Cc1ccc2cc(C(=O)OC3c4ccccc4-c4ccccc43)ccc2c1. The number of benzene rings is 4. The van der Waals surface area contributed by atoms with Crippen LogP contribution in [-0.4, -0.2) is 5.97 Å². The molecule has 0 bridgehead atoms. The third-order valence-electron chi connectivity index (χ3n) is 5.34. The zero-order chi connectivity index (χ0) is 19.1. The molecule has 2 nitrogen and oxygen atoms in total. The third-order valence-corrected chi connectivity index (χ3v) is 5.34. The Morgan fingerprint density at radius 3 is 2.07 bits per heavy atom. The van der Waals surface area contributed by atoms with Crippen LogP contribution in [0.25, 0.3) is 28.0 Å². The number of rotatable bonds is 3. The highest BCUT2D eigenvalue weighted by atomic mass is 16.5. The normalized spacial score (nSPS) is 12.4. The van der Waals surface area contributed by atoms with E-state index < -0.39 is 0 Å². The number of carbonyl (C=O) groups excluding carboxylic acids is 1. The summed E-state index contributed by atoms with van der Waals surface area (Å²) in [4.78, 5) is 12.9. The Morgan fingerprint density at radius 1 is 0.786 bits per heavy atom. The van der Waals surface area contributed by atoms with E-state index in [1.165, 1.54) is 0 Å². The summed E-state index contributed by atoms with van der Waals surface area (Å²) < 4.78 is 5.99. The average Bonchev–Trinajstić information content (AvgIpc) is 3.07. The summed E-state index contributed by atoms with van der Waals surface area (Å²) in [6, 6.07) is 27.9. The average molecular weight is 362 g/mol. The Kier molecular flexibility index (Phi) is 3.84. The summed E-state index contributed by atoms with van der Waals surface area (Å²) in [6.07, 6.45) is 1.44. The summed E-state index contributed by atoms with van der Waals surface area (Å²) in [5.41, 5.74) is 5.95. The van der Waals surface area contributed by atoms with E-state index in [-0.39, 0.29) is 12.1 Å². The number of carbonyl (C=O) groups is 1. The second-order valence-corrected chi connectivity index (χ2v) is 6.99. The Bertz CT molecular complexity index is 1190. The fraction of sp³-hybridized carbons (Fsp3) is 0.0385. The molecule has 0 N–H and O–H groups in total. The summed E-state index contributed by atoms with van der Waals surface area (Å²) in [6.45, 7) is 3.80. The largest absolute Gasteiger partial charge is 0.449 e. The number of hydrogen-bond acceptors (Lipinski definition) is 2. The third kappa shape index (κ3) is 2.62. The van der Waals surface area contributed by atoms with Crippen LogP contribution < -0.4 is 0 Å². The molecule has 1 aliphatic rings. The standard InChI is InChI=1S/C26H18O2/c1-2-17-11-12-19-16-20(14-13-18(19)15-17)26(27)28-25-23-9-5-3-7-21(23)22-8-4-6-10-24(22)25/h2-16,25H,1H2. The molecule has 2 heteroatoms. The van der Waals surface area contributed by atoms with Crippen molar-refractivity contribution in [3.8, 4) is 11.1 Å². The molecule has 28 heavy (non-hydrogen) atoms. The molecule has 0 spiro atoms. The van der Waals surface area contributed by atoms with Crippen LogP contribution in [0.1, 0.15) is 33.2 Å². The number of fused-ring (bicyclic) bond motifs is 4. The Labute approximate surface area is 163 Å². The smallest absolute Gasteiger partial charge is 0.339 e. The molecule has 134 valence electrons. The molecule has 0 saturated carbocycles. The molecule has 0 unspecified atom stereocenters. The first kappa shape index (κ1) is 16.5. The summed E-state index contributed by atoms with van der Waals surface area (Å²) in [7, 11) is 0. The van der Waals surface area contributed by atoms with Gasteiger partial charge >= 0.3 is 5.97 Å². The lowest BCUT2D eigenvalue weighted by Crippen LogP contribution is -2.11. The quantitative estimate of drug-likeness (QED) is 0.394. The fourth-order valence-electron chi connectivity index (χ4n) is 3.93. The number of esters is 1.